The van der Waals surface area contributed by atoms with Crippen LogP contribution in [0.2, 0.25) is 0 Å². The largest absolute Gasteiger partial charge is 0.456 e. The second-order valence-corrected chi connectivity index (χ2v) is 14.9. The van der Waals surface area contributed by atoms with E-state index in [0.29, 0.717) is 0 Å². The van der Waals surface area contributed by atoms with Gasteiger partial charge in [0.05, 0.1) is 5.69 Å². The number of hydrogen-bond donors (Lipinski definition) is 0. The van der Waals surface area contributed by atoms with Gasteiger partial charge in [0, 0.05) is 33.0 Å². The molecule has 240 valence electrons. The van der Waals surface area contributed by atoms with E-state index in [0.717, 1.165) is 33.3 Å². The molecule has 0 unspecified atom stereocenters. The van der Waals surface area contributed by atoms with Gasteiger partial charge in [-0.25, -0.2) is 0 Å². The lowest BCUT2D eigenvalue weighted by atomic mass is 9.73. The minimum atomic E-state index is -0.274. The van der Waals surface area contributed by atoms with Crippen LogP contribution in [0.4, 0.5) is 17.1 Å². The molecule has 1 heterocycles. The maximum absolute atomic E-state index is 6.35. The Morgan fingerprint density at radius 3 is 1.50 bits per heavy atom. The summed E-state index contributed by atoms with van der Waals surface area (Å²) >= 11 is 0. The molecule has 7 aromatic carbocycles. The number of fused-ring (bicyclic) bond motifs is 9. The second-order valence-electron chi connectivity index (χ2n) is 14.9. The first-order valence-electron chi connectivity index (χ1n) is 17.6. The van der Waals surface area contributed by atoms with E-state index in [1.54, 1.807) is 0 Å². The predicted molar refractivity (Wildman–Crippen MR) is 209 cm³/mol. The number of anilines is 3. The van der Waals surface area contributed by atoms with Crippen LogP contribution in [0.15, 0.2) is 156 Å². The van der Waals surface area contributed by atoms with Crippen LogP contribution in [-0.4, -0.2) is 0 Å². The quantitative estimate of drug-likeness (QED) is 0.190. The van der Waals surface area contributed by atoms with Gasteiger partial charge in [-0.2, -0.15) is 0 Å². The average molecular weight is 644 g/mol. The van der Waals surface area contributed by atoms with Gasteiger partial charge in [-0.15, -0.1) is 0 Å². The molecule has 0 saturated heterocycles. The molecule has 0 bridgehead atoms. The minimum absolute atomic E-state index is 0.274. The van der Waals surface area contributed by atoms with Crippen LogP contribution >= 0.6 is 0 Å². The van der Waals surface area contributed by atoms with Gasteiger partial charge in [0.25, 0.3) is 0 Å². The van der Waals surface area contributed by atoms with Gasteiger partial charge in [0.1, 0.15) is 11.2 Å². The van der Waals surface area contributed by atoms with Crippen molar-refractivity contribution in [3.8, 4) is 33.4 Å². The molecule has 0 saturated carbocycles. The van der Waals surface area contributed by atoms with Gasteiger partial charge in [-0.05, 0) is 98.1 Å². The van der Waals surface area contributed by atoms with E-state index < -0.39 is 0 Å². The van der Waals surface area contributed by atoms with Crippen molar-refractivity contribution in [1.29, 1.82) is 0 Å². The molecule has 2 aliphatic rings. The highest BCUT2D eigenvalue weighted by Crippen LogP contribution is 2.66. The van der Waals surface area contributed by atoms with Crippen LogP contribution in [0.3, 0.4) is 0 Å². The van der Waals surface area contributed by atoms with E-state index in [2.05, 4.69) is 178 Å². The van der Waals surface area contributed by atoms with Gasteiger partial charge in [-0.3, -0.25) is 0 Å². The number of rotatable bonds is 4. The van der Waals surface area contributed by atoms with Crippen molar-refractivity contribution in [2.45, 2.75) is 38.5 Å². The molecule has 0 aliphatic heterocycles. The van der Waals surface area contributed by atoms with E-state index in [1.807, 2.05) is 6.07 Å². The zero-order valence-corrected chi connectivity index (χ0v) is 28.8. The molecule has 2 nitrogen and oxygen atoms in total. The first kappa shape index (κ1) is 29.1. The number of para-hydroxylation sites is 3. The summed E-state index contributed by atoms with van der Waals surface area (Å²) in [5.74, 6) is 0. The van der Waals surface area contributed by atoms with Gasteiger partial charge in [-0.1, -0.05) is 137 Å². The van der Waals surface area contributed by atoms with Crippen LogP contribution in [0.1, 0.15) is 49.9 Å². The molecule has 2 heteroatoms. The summed E-state index contributed by atoms with van der Waals surface area (Å²) in [6.45, 7) is 9.70. The van der Waals surface area contributed by atoms with Gasteiger partial charge < -0.3 is 9.32 Å². The first-order valence-corrected chi connectivity index (χ1v) is 17.6. The fraction of sp³-hybridized carbons (Fsp3) is 0.125. The lowest BCUT2D eigenvalue weighted by Crippen LogP contribution is -2.26. The summed E-state index contributed by atoms with van der Waals surface area (Å²) in [7, 11) is 0. The fourth-order valence-electron chi connectivity index (χ4n) is 9.21. The Morgan fingerprint density at radius 1 is 0.440 bits per heavy atom. The standard InChI is InChI=1S/C48H37NO/c1-47(2)37-24-14-11-22-34(37)42-41(30-27-28-40-36(29-30)33-21-13-16-26-39(33)50-40)43-35-23-12-15-25-38(35)48(3,4)45(43)46(44(42)47)49(31-17-7-5-8-18-31)32-19-9-6-10-20-32/h5-29H,1-4H3. The number of nitrogens with zero attached hydrogens (tertiary/aromatic N) is 1. The molecule has 0 spiro atoms. The Morgan fingerprint density at radius 2 is 0.920 bits per heavy atom. The van der Waals surface area contributed by atoms with Crippen LogP contribution < -0.4 is 4.90 Å². The third-order valence-corrected chi connectivity index (χ3v) is 11.4. The van der Waals surface area contributed by atoms with Crippen LogP contribution in [0, 0.1) is 0 Å². The predicted octanol–water partition coefficient (Wildman–Crippen LogP) is 13.3. The van der Waals surface area contributed by atoms with Gasteiger partial charge in [0.15, 0.2) is 0 Å². The highest BCUT2D eigenvalue weighted by molar-refractivity contribution is 6.12. The minimum Gasteiger partial charge on any atom is -0.456 e. The third kappa shape index (κ3) is 3.85. The van der Waals surface area contributed by atoms with Crippen molar-refractivity contribution < 1.29 is 4.42 Å². The molecular formula is C48H37NO. The summed E-state index contributed by atoms with van der Waals surface area (Å²) in [5, 5.41) is 2.30. The monoisotopic (exact) mass is 643 g/mol. The Labute approximate surface area is 293 Å². The Balaban J connectivity index is 1.44. The summed E-state index contributed by atoms with van der Waals surface area (Å²) in [5.41, 5.74) is 18.2. The maximum Gasteiger partial charge on any atom is 0.135 e. The highest BCUT2D eigenvalue weighted by atomic mass is 16.3. The van der Waals surface area contributed by atoms with Gasteiger partial charge >= 0.3 is 0 Å². The zero-order chi connectivity index (χ0) is 33.8. The summed E-state index contributed by atoms with van der Waals surface area (Å²) in [6.07, 6.45) is 0. The van der Waals surface area contributed by atoms with Crippen LogP contribution in [-0.2, 0) is 10.8 Å². The van der Waals surface area contributed by atoms with E-state index in [1.165, 1.54) is 61.3 Å². The van der Waals surface area contributed by atoms with Crippen molar-refractivity contribution in [1.82, 2.24) is 0 Å². The molecule has 0 amide bonds. The highest BCUT2D eigenvalue weighted by Gasteiger charge is 2.48. The van der Waals surface area contributed by atoms with Crippen LogP contribution in [0.25, 0.3) is 55.3 Å². The Hall–Kier alpha value is -5.86. The van der Waals surface area contributed by atoms with E-state index in [9.17, 15) is 0 Å². The third-order valence-electron chi connectivity index (χ3n) is 11.4. The maximum atomic E-state index is 6.35. The summed E-state index contributed by atoms with van der Waals surface area (Å²) in [4.78, 5) is 2.54. The van der Waals surface area contributed by atoms with Crippen molar-refractivity contribution in [2.24, 2.45) is 0 Å². The molecule has 2 aliphatic carbocycles. The zero-order valence-electron chi connectivity index (χ0n) is 28.8. The fourth-order valence-corrected chi connectivity index (χ4v) is 9.21. The molecule has 0 atom stereocenters. The lowest BCUT2D eigenvalue weighted by Gasteiger charge is -2.38. The smallest absolute Gasteiger partial charge is 0.135 e. The molecular weight excluding hydrogens is 607 g/mol. The summed E-state index contributed by atoms with van der Waals surface area (Å²) < 4.78 is 6.35. The lowest BCUT2D eigenvalue weighted by molar-refractivity contribution is 0.640. The van der Waals surface area contributed by atoms with Crippen molar-refractivity contribution in [2.75, 3.05) is 4.90 Å². The Bertz CT molecular complexity index is 2520. The second kappa shape index (κ2) is 10.3. The topological polar surface area (TPSA) is 16.4 Å². The molecule has 1 aromatic heterocycles. The van der Waals surface area contributed by atoms with E-state index >= 15 is 0 Å². The molecule has 0 radical (unpaired) electrons. The van der Waals surface area contributed by atoms with Crippen molar-refractivity contribution in [3.05, 3.63) is 174 Å². The van der Waals surface area contributed by atoms with Crippen molar-refractivity contribution >= 4 is 39.0 Å². The normalized spacial score (nSPS) is 14.7. The molecule has 10 rings (SSSR count). The summed E-state index contributed by atoms with van der Waals surface area (Å²) in [6, 6.07) is 55.3. The van der Waals surface area contributed by atoms with Crippen LogP contribution in [0.5, 0.6) is 0 Å². The van der Waals surface area contributed by atoms with E-state index in [-0.39, 0.29) is 10.8 Å². The SMILES string of the molecule is CC1(C)c2ccccc2-c2c(-c3ccc4oc5ccccc5c4c3)c3c(c(N(c4ccccc4)c4ccccc4)c21)C(C)(C)c1ccccc1-3. The van der Waals surface area contributed by atoms with Gasteiger partial charge in [0.2, 0.25) is 0 Å². The molecule has 0 fully saturated rings. The number of furan rings is 1. The number of benzene rings is 7. The molecule has 8 aromatic rings. The molecule has 50 heavy (non-hydrogen) atoms. The number of hydrogen-bond acceptors (Lipinski definition) is 2. The first-order chi connectivity index (χ1) is 24.4. The average Bonchev–Trinajstić information content (AvgIpc) is 3.72. The van der Waals surface area contributed by atoms with E-state index in [4.69, 9.17) is 4.42 Å². The van der Waals surface area contributed by atoms with Crippen molar-refractivity contribution in [3.63, 3.8) is 0 Å². The molecule has 0 N–H and O–H groups in total. The Kier molecular flexibility index (Phi) is 6.01.